The highest BCUT2D eigenvalue weighted by Gasteiger charge is 2.10. The molecule has 0 spiro atoms. The van der Waals surface area contributed by atoms with Crippen molar-refractivity contribution in [2.24, 2.45) is 0 Å². The van der Waals surface area contributed by atoms with Crippen molar-refractivity contribution in [3.63, 3.8) is 0 Å². The zero-order chi connectivity index (χ0) is 14.3. The van der Waals surface area contributed by atoms with Crippen molar-refractivity contribution in [3.05, 3.63) is 0 Å². The Kier molecular flexibility index (Phi) is 6.17. The van der Waals surface area contributed by atoms with Gasteiger partial charge in [-0.1, -0.05) is 6.92 Å². The topological polar surface area (TPSA) is 72.0 Å². The highest BCUT2D eigenvalue weighted by atomic mass is 19.3. The molecule has 0 aliphatic heterocycles. The van der Waals surface area contributed by atoms with Gasteiger partial charge in [-0.3, -0.25) is 0 Å². The predicted molar refractivity (Wildman–Crippen MR) is 68.9 cm³/mol. The van der Waals surface area contributed by atoms with Crippen LogP contribution in [0.25, 0.3) is 0 Å². The number of alkyl halides is 2. The van der Waals surface area contributed by atoms with E-state index in [2.05, 4.69) is 25.6 Å². The Bertz CT molecular complexity index is 389. The van der Waals surface area contributed by atoms with Crippen LogP contribution in [-0.4, -0.2) is 40.6 Å². The van der Waals surface area contributed by atoms with Crippen molar-refractivity contribution < 1.29 is 13.5 Å². The third kappa shape index (κ3) is 6.12. The summed E-state index contributed by atoms with van der Waals surface area (Å²) in [7, 11) is 0. The smallest absolute Gasteiger partial charge is 0.323 e. The zero-order valence-electron chi connectivity index (χ0n) is 11.3. The first-order valence-corrected chi connectivity index (χ1v) is 6.20. The summed E-state index contributed by atoms with van der Waals surface area (Å²) in [5.41, 5.74) is 0. The molecule has 0 saturated carbocycles. The lowest BCUT2D eigenvalue weighted by Gasteiger charge is -2.11. The predicted octanol–water partition coefficient (Wildman–Crippen LogP) is 2.16. The Morgan fingerprint density at radius 1 is 1.11 bits per heavy atom. The van der Waals surface area contributed by atoms with Gasteiger partial charge in [0.05, 0.1) is 12.6 Å². The van der Waals surface area contributed by atoms with E-state index in [1.165, 1.54) is 0 Å². The Morgan fingerprint density at radius 3 is 2.26 bits per heavy atom. The first-order valence-electron chi connectivity index (χ1n) is 6.20. The van der Waals surface area contributed by atoms with Crippen LogP contribution >= 0.6 is 0 Å². The number of hydrogen-bond acceptors (Lipinski definition) is 6. The summed E-state index contributed by atoms with van der Waals surface area (Å²) in [5, 5.41) is 5.41. The Morgan fingerprint density at radius 2 is 1.74 bits per heavy atom. The molecule has 0 fully saturated rings. The molecule has 0 aromatic carbocycles. The number of aromatic nitrogens is 3. The third-order valence-electron chi connectivity index (χ3n) is 1.90. The maximum absolute atomic E-state index is 12.2. The molecule has 19 heavy (non-hydrogen) atoms. The Balaban J connectivity index is 2.81. The molecule has 0 unspecified atom stereocenters. The number of nitrogens with one attached hydrogen (secondary N) is 2. The Hall–Kier alpha value is -1.73. The van der Waals surface area contributed by atoms with Crippen molar-refractivity contribution in [2.45, 2.75) is 39.7 Å². The van der Waals surface area contributed by atoms with Crippen LogP contribution in [0.5, 0.6) is 6.01 Å². The van der Waals surface area contributed by atoms with Crippen LogP contribution in [-0.2, 0) is 0 Å². The molecule has 1 aromatic rings. The van der Waals surface area contributed by atoms with E-state index in [1.807, 2.05) is 20.8 Å². The fraction of sp³-hybridized carbons (Fsp3) is 0.727. The van der Waals surface area contributed by atoms with Gasteiger partial charge in [0.15, 0.2) is 0 Å². The molecule has 2 N–H and O–H groups in total. The maximum Gasteiger partial charge on any atom is 0.323 e. The molecule has 108 valence electrons. The summed E-state index contributed by atoms with van der Waals surface area (Å²) < 4.78 is 29.7. The second-order valence-corrected chi connectivity index (χ2v) is 4.13. The van der Waals surface area contributed by atoms with Gasteiger partial charge >= 0.3 is 6.01 Å². The monoisotopic (exact) mass is 275 g/mol. The van der Waals surface area contributed by atoms with Crippen LogP contribution in [0.1, 0.15) is 27.2 Å². The standard InChI is InChI=1S/C11H19F2N5O/c1-4-5-14-9-16-10(15-6-8(12)13)18-11(17-9)19-7(2)3/h7-8H,4-6H2,1-3H3,(H2,14,15,16,17,18). The fourth-order valence-electron chi connectivity index (χ4n) is 1.18. The molecule has 0 amide bonds. The van der Waals surface area contributed by atoms with E-state index in [9.17, 15) is 8.78 Å². The average molecular weight is 275 g/mol. The first-order chi connectivity index (χ1) is 9.01. The van der Waals surface area contributed by atoms with Gasteiger partial charge < -0.3 is 15.4 Å². The fourth-order valence-corrected chi connectivity index (χ4v) is 1.18. The third-order valence-corrected chi connectivity index (χ3v) is 1.90. The minimum atomic E-state index is -2.47. The summed E-state index contributed by atoms with van der Waals surface area (Å²) in [6, 6.07) is 0.111. The summed E-state index contributed by atoms with van der Waals surface area (Å²) >= 11 is 0. The van der Waals surface area contributed by atoms with Crippen LogP contribution in [0.4, 0.5) is 20.7 Å². The van der Waals surface area contributed by atoms with E-state index >= 15 is 0 Å². The van der Waals surface area contributed by atoms with Gasteiger partial charge in [-0.2, -0.15) is 15.0 Å². The number of nitrogens with zero attached hydrogens (tertiary/aromatic N) is 3. The molecular formula is C11H19F2N5O. The van der Waals surface area contributed by atoms with Crippen LogP contribution < -0.4 is 15.4 Å². The van der Waals surface area contributed by atoms with E-state index < -0.39 is 13.0 Å². The molecule has 0 bridgehead atoms. The van der Waals surface area contributed by atoms with Crippen LogP contribution in [0, 0.1) is 0 Å². The van der Waals surface area contributed by atoms with Gasteiger partial charge in [0.2, 0.25) is 11.9 Å². The minimum absolute atomic E-state index is 0.0737. The second kappa shape index (κ2) is 7.65. The van der Waals surface area contributed by atoms with Gasteiger partial charge in [0.25, 0.3) is 6.43 Å². The summed E-state index contributed by atoms with van der Waals surface area (Å²) in [6.07, 6.45) is -1.69. The number of rotatable bonds is 8. The molecule has 1 heterocycles. The maximum atomic E-state index is 12.2. The second-order valence-electron chi connectivity index (χ2n) is 4.13. The van der Waals surface area contributed by atoms with E-state index in [1.54, 1.807) is 0 Å². The average Bonchev–Trinajstić information content (AvgIpc) is 2.33. The molecule has 0 aliphatic rings. The lowest BCUT2D eigenvalue weighted by molar-refractivity contribution is 0.163. The summed E-state index contributed by atoms with van der Waals surface area (Å²) in [5.74, 6) is 0.383. The van der Waals surface area contributed by atoms with Gasteiger partial charge in [0.1, 0.15) is 0 Å². The molecule has 0 radical (unpaired) electrons. The highest BCUT2D eigenvalue weighted by Crippen LogP contribution is 2.13. The number of hydrogen-bond donors (Lipinski definition) is 2. The van der Waals surface area contributed by atoms with Crippen LogP contribution in [0.15, 0.2) is 0 Å². The van der Waals surface area contributed by atoms with Crippen molar-refractivity contribution in [3.8, 4) is 6.01 Å². The quantitative estimate of drug-likeness (QED) is 0.757. The van der Waals surface area contributed by atoms with Crippen molar-refractivity contribution in [1.82, 2.24) is 15.0 Å². The zero-order valence-corrected chi connectivity index (χ0v) is 11.3. The SMILES string of the molecule is CCCNc1nc(NCC(F)F)nc(OC(C)C)n1. The molecule has 0 atom stereocenters. The Labute approximate surface area is 111 Å². The van der Waals surface area contributed by atoms with E-state index in [0.717, 1.165) is 6.42 Å². The molecule has 0 saturated heterocycles. The van der Waals surface area contributed by atoms with Crippen molar-refractivity contribution >= 4 is 11.9 Å². The molecule has 0 aliphatic carbocycles. The van der Waals surface area contributed by atoms with E-state index in [-0.39, 0.29) is 18.1 Å². The van der Waals surface area contributed by atoms with Gasteiger partial charge in [-0.15, -0.1) is 0 Å². The van der Waals surface area contributed by atoms with E-state index in [4.69, 9.17) is 4.74 Å². The lowest BCUT2D eigenvalue weighted by Crippen LogP contribution is -2.16. The van der Waals surface area contributed by atoms with Gasteiger partial charge in [-0.25, -0.2) is 8.78 Å². The van der Waals surface area contributed by atoms with Gasteiger partial charge in [0, 0.05) is 6.54 Å². The largest absolute Gasteiger partial charge is 0.461 e. The highest BCUT2D eigenvalue weighted by molar-refractivity contribution is 5.35. The first kappa shape index (κ1) is 15.3. The molecule has 6 nitrogen and oxygen atoms in total. The molecule has 1 aromatic heterocycles. The number of ether oxygens (including phenoxy) is 1. The van der Waals surface area contributed by atoms with Crippen molar-refractivity contribution in [2.75, 3.05) is 23.7 Å². The normalized spacial score (nSPS) is 10.9. The minimum Gasteiger partial charge on any atom is -0.461 e. The van der Waals surface area contributed by atoms with Crippen LogP contribution in [0.3, 0.4) is 0 Å². The summed E-state index contributed by atoms with van der Waals surface area (Å²) in [6.45, 7) is 5.82. The van der Waals surface area contributed by atoms with Crippen molar-refractivity contribution in [1.29, 1.82) is 0 Å². The lowest BCUT2D eigenvalue weighted by atomic mass is 10.5. The summed E-state index contributed by atoms with van der Waals surface area (Å²) in [4.78, 5) is 12.0. The number of halogens is 2. The molecule has 8 heteroatoms. The van der Waals surface area contributed by atoms with E-state index in [0.29, 0.717) is 12.5 Å². The van der Waals surface area contributed by atoms with Crippen LogP contribution in [0.2, 0.25) is 0 Å². The number of anilines is 2. The molecule has 1 rings (SSSR count). The van der Waals surface area contributed by atoms with Gasteiger partial charge in [-0.05, 0) is 20.3 Å². The molecular weight excluding hydrogens is 256 g/mol.